The minimum absolute atomic E-state index is 0.777. The molecule has 1 aromatic rings. The predicted molar refractivity (Wildman–Crippen MR) is 109 cm³/mol. The van der Waals surface area contributed by atoms with Gasteiger partial charge in [0, 0.05) is 34.0 Å². The third-order valence-electron chi connectivity index (χ3n) is 4.13. The van der Waals surface area contributed by atoms with Crippen LogP contribution in [0, 0.1) is 0 Å². The van der Waals surface area contributed by atoms with E-state index in [9.17, 15) is 0 Å². The lowest BCUT2D eigenvalue weighted by molar-refractivity contribution is 0.0358. The van der Waals surface area contributed by atoms with Crippen molar-refractivity contribution in [3.05, 3.63) is 34.1 Å². The number of rotatable bonds is 6. The van der Waals surface area contributed by atoms with Crippen LogP contribution >= 0.6 is 35.3 Å². The van der Waals surface area contributed by atoms with Gasteiger partial charge in [-0.25, -0.2) is 0 Å². The Balaban J connectivity index is 1.44. The fourth-order valence-electron chi connectivity index (χ4n) is 2.70. The molecule has 0 N–H and O–H groups in total. The third kappa shape index (κ3) is 5.63. The molecule has 6 heteroatoms. The van der Waals surface area contributed by atoms with Crippen molar-refractivity contribution in [2.75, 3.05) is 49.6 Å². The number of morpholine rings is 1. The molecule has 2 aliphatic rings. The summed E-state index contributed by atoms with van der Waals surface area (Å²) in [6, 6.07) is 8.56. The summed E-state index contributed by atoms with van der Waals surface area (Å²) < 4.78 is 12.7. The zero-order chi connectivity index (χ0) is 16.6. The Bertz CT molecular complexity index is 534. The summed E-state index contributed by atoms with van der Waals surface area (Å²) in [6.07, 6.45) is 1.07. The number of hydrogen-bond acceptors (Lipinski definition) is 6. The Morgan fingerprint density at radius 3 is 2.54 bits per heavy atom. The van der Waals surface area contributed by atoms with Gasteiger partial charge in [-0.3, -0.25) is 4.90 Å². The quantitative estimate of drug-likeness (QED) is 0.665. The van der Waals surface area contributed by atoms with Gasteiger partial charge in [0.1, 0.15) is 5.75 Å². The van der Waals surface area contributed by atoms with Crippen molar-refractivity contribution in [1.29, 1.82) is 0 Å². The molecule has 2 fully saturated rings. The first-order chi connectivity index (χ1) is 11.8. The smallest absolute Gasteiger partial charge is 0.119 e. The fourth-order valence-corrected chi connectivity index (χ4v) is 6.98. The first-order valence-electron chi connectivity index (χ1n) is 8.40. The summed E-state index contributed by atoms with van der Waals surface area (Å²) in [6.45, 7) is 7.94. The van der Waals surface area contributed by atoms with Crippen LogP contribution in [0.15, 0.2) is 28.5 Å². The number of nitrogens with zero attached hydrogens (tertiary/aromatic N) is 1. The van der Waals surface area contributed by atoms with Gasteiger partial charge < -0.3 is 9.47 Å². The molecule has 0 atom stereocenters. The van der Waals surface area contributed by atoms with Crippen LogP contribution in [-0.4, -0.2) is 54.5 Å². The second-order valence-corrected chi connectivity index (χ2v) is 9.77. The maximum atomic E-state index is 5.89. The van der Waals surface area contributed by atoms with E-state index < -0.39 is 0 Å². The van der Waals surface area contributed by atoms with E-state index in [1.54, 1.807) is 0 Å². The van der Waals surface area contributed by atoms with E-state index >= 15 is 0 Å². The van der Waals surface area contributed by atoms with Crippen molar-refractivity contribution >= 4 is 40.9 Å². The summed E-state index contributed by atoms with van der Waals surface area (Å²) >= 11 is 5.92. The maximum absolute atomic E-state index is 5.89. The van der Waals surface area contributed by atoms with Crippen molar-refractivity contribution in [2.24, 2.45) is 0 Å². The molecule has 0 aliphatic carbocycles. The van der Waals surface area contributed by atoms with Crippen LogP contribution in [0.1, 0.15) is 18.9 Å². The molecule has 0 radical (unpaired) electrons. The van der Waals surface area contributed by atoms with Crippen molar-refractivity contribution in [1.82, 2.24) is 4.90 Å². The predicted octanol–water partition coefficient (Wildman–Crippen LogP) is 4.60. The number of ether oxygens (including phenoxy) is 2. The third-order valence-corrected chi connectivity index (χ3v) is 8.25. The SMILES string of the molecule is CC(=C1SCSCS1)c1ccc(OCCCN2CCOCC2)cc1. The second-order valence-electron chi connectivity index (χ2n) is 5.82. The van der Waals surface area contributed by atoms with E-state index in [1.165, 1.54) is 25.5 Å². The summed E-state index contributed by atoms with van der Waals surface area (Å²) in [7, 11) is 0. The largest absolute Gasteiger partial charge is 0.494 e. The van der Waals surface area contributed by atoms with E-state index in [0.717, 1.165) is 51.6 Å². The first kappa shape index (κ1) is 18.5. The molecular weight excluding hydrogens is 358 g/mol. The van der Waals surface area contributed by atoms with Crippen LogP contribution in [0.3, 0.4) is 0 Å². The minimum atomic E-state index is 0.777. The molecule has 3 rings (SSSR count). The van der Waals surface area contributed by atoms with Gasteiger partial charge in [-0.2, -0.15) is 0 Å². The highest BCUT2D eigenvalue weighted by Crippen LogP contribution is 2.43. The highest BCUT2D eigenvalue weighted by molar-refractivity contribution is 8.36. The highest BCUT2D eigenvalue weighted by atomic mass is 32.3. The molecule has 0 aromatic heterocycles. The molecule has 0 saturated carbocycles. The van der Waals surface area contributed by atoms with Crippen molar-refractivity contribution in [2.45, 2.75) is 13.3 Å². The Morgan fingerprint density at radius 1 is 1.12 bits per heavy atom. The topological polar surface area (TPSA) is 21.7 Å². The average molecular weight is 384 g/mol. The van der Waals surface area contributed by atoms with Gasteiger partial charge in [0.2, 0.25) is 0 Å². The molecule has 3 nitrogen and oxygen atoms in total. The van der Waals surface area contributed by atoms with Gasteiger partial charge in [0.25, 0.3) is 0 Å². The molecule has 0 amide bonds. The second kappa shape index (κ2) is 10.0. The molecule has 0 spiro atoms. The summed E-state index contributed by atoms with van der Waals surface area (Å²) in [5.41, 5.74) is 2.70. The summed E-state index contributed by atoms with van der Waals surface area (Å²) in [5.74, 6) is 0.970. The van der Waals surface area contributed by atoms with Crippen LogP contribution in [-0.2, 0) is 4.74 Å². The van der Waals surface area contributed by atoms with E-state index in [0.29, 0.717) is 0 Å². The Morgan fingerprint density at radius 2 is 1.83 bits per heavy atom. The lowest BCUT2D eigenvalue weighted by Gasteiger charge is -2.26. The van der Waals surface area contributed by atoms with Crippen LogP contribution in [0.5, 0.6) is 5.75 Å². The molecule has 24 heavy (non-hydrogen) atoms. The maximum Gasteiger partial charge on any atom is 0.119 e. The van der Waals surface area contributed by atoms with E-state index in [-0.39, 0.29) is 0 Å². The van der Waals surface area contributed by atoms with Crippen LogP contribution < -0.4 is 4.74 Å². The van der Waals surface area contributed by atoms with Crippen molar-refractivity contribution in [3.8, 4) is 5.75 Å². The number of thioether (sulfide) groups is 3. The van der Waals surface area contributed by atoms with E-state index in [2.05, 4.69) is 36.1 Å². The molecule has 1 aromatic carbocycles. The van der Waals surface area contributed by atoms with Gasteiger partial charge in [0.05, 0.1) is 19.8 Å². The number of allylic oxidation sites excluding steroid dienone is 1. The minimum Gasteiger partial charge on any atom is -0.494 e. The monoisotopic (exact) mass is 383 g/mol. The van der Waals surface area contributed by atoms with Crippen molar-refractivity contribution < 1.29 is 9.47 Å². The lowest BCUT2D eigenvalue weighted by Crippen LogP contribution is -2.37. The molecule has 2 heterocycles. The molecule has 0 unspecified atom stereocenters. The number of hydrogen-bond donors (Lipinski definition) is 0. The van der Waals surface area contributed by atoms with Crippen molar-refractivity contribution in [3.63, 3.8) is 0 Å². The van der Waals surface area contributed by atoms with Gasteiger partial charge in [-0.1, -0.05) is 12.1 Å². The van der Waals surface area contributed by atoms with Gasteiger partial charge in [0.15, 0.2) is 0 Å². The average Bonchev–Trinajstić information content (AvgIpc) is 2.67. The number of benzene rings is 1. The zero-order valence-corrected chi connectivity index (χ0v) is 16.6. The fraction of sp³-hybridized carbons (Fsp3) is 0.556. The first-order valence-corrected chi connectivity index (χ1v) is 11.5. The van der Waals surface area contributed by atoms with Gasteiger partial charge in [-0.05, 0) is 36.6 Å². The lowest BCUT2D eigenvalue weighted by atomic mass is 10.1. The van der Waals surface area contributed by atoms with Crippen LogP contribution in [0.4, 0.5) is 0 Å². The van der Waals surface area contributed by atoms with Gasteiger partial charge >= 0.3 is 0 Å². The zero-order valence-electron chi connectivity index (χ0n) is 14.2. The molecule has 0 bridgehead atoms. The Hall–Kier alpha value is -0.270. The Labute approximate surface area is 157 Å². The van der Waals surface area contributed by atoms with E-state index in [1.807, 2.05) is 35.3 Å². The van der Waals surface area contributed by atoms with Crippen LogP contribution in [0.2, 0.25) is 0 Å². The molecular formula is C18H25NO2S3. The summed E-state index contributed by atoms with van der Waals surface area (Å²) in [4.78, 5) is 2.45. The van der Waals surface area contributed by atoms with Crippen LogP contribution in [0.25, 0.3) is 5.57 Å². The normalized spacial score (nSPS) is 19.3. The van der Waals surface area contributed by atoms with Gasteiger partial charge in [-0.15, -0.1) is 35.3 Å². The molecule has 2 saturated heterocycles. The summed E-state index contributed by atoms with van der Waals surface area (Å²) in [5, 5.41) is 2.34. The standard InChI is InChI=1S/C18H25NO2S3/c1-15(18-23-13-22-14-24-18)16-3-5-17(6-4-16)21-10-2-7-19-8-11-20-12-9-19/h3-6H,2,7-14H2,1H3. The highest BCUT2D eigenvalue weighted by Gasteiger charge is 2.12. The van der Waals surface area contributed by atoms with E-state index in [4.69, 9.17) is 9.47 Å². The Kier molecular flexibility index (Phi) is 7.73. The molecule has 132 valence electrons. The molecule has 2 aliphatic heterocycles.